The van der Waals surface area contributed by atoms with Crippen molar-refractivity contribution in [2.45, 2.75) is 20.0 Å². The molecule has 0 saturated carbocycles. The van der Waals surface area contributed by atoms with Gasteiger partial charge in [-0.05, 0) is 56.3 Å². The number of nitrogens with one attached hydrogen (secondary N) is 1. The maximum atomic E-state index is 10.2. The van der Waals surface area contributed by atoms with Gasteiger partial charge in [0.05, 0.1) is 29.0 Å². The maximum absolute atomic E-state index is 10.2. The Morgan fingerprint density at radius 1 is 1.12 bits per heavy atom. The van der Waals surface area contributed by atoms with E-state index in [0.717, 1.165) is 22.4 Å². The Morgan fingerprint density at radius 2 is 2.00 bits per heavy atom. The fraction of sp³-hybridized carbons (Fsp3) is 0.136. The lowest BCUT2D eigenvalue weighted by Crippen LogP contribution is -2.10. The molecule has 4 aromatic heterocycles. The van der Waals surface area contributed by atoms with Crippen LogP contribution < -0.4 is 5.32 Å². The number of anilines is 2. The van der Waals surface area contributed by atoms with Gasteiger partial charge in [0.15, 0.2) is 17.3 Å². The van der Waals surface area contributed by atoms with Crippen molar-refractivity contribution in [1.82, 2.24) is 39.7 Å². The number of nitrogens with zero attached hydrogens (tertiary/aromatic N) is 9. The average molecular weight is 438 g/mol. The average Bonchev–Trinajstić information content (AvgIpc) is 3.47. The quantitative estimate of drug-likeness (QED) is 0.423. The molecule has 2 N–H and O–H groups in total. The van der Waals surface area contributed by atoms with Crippen LogP contribution in [0.2, 0.25) is 0 Å². The highest BCUT2D eigenvalue weighted by Gasteiger charge is 2.17. The number of aliphatic hydroxyl groups excluding tert-OH is 1. The van der Waals surface area contributed by atoms with Gasteiger partial charge in [-0.25, -0.2) is 9.97 Å². The number of hydrogen-bond donors (Lipinski definition) is 2. The molecule has 0 aliphatic rings. The molecule has 0 spiro atoms. The third-order valence-electron chi connectivity index (χ3n) is 5.00. The Morgan fingerprint density at radius 3 is 2.73 bits per heavy atom. The Hall–Kier alpha value is -4.69. The topological polar surface area (TPSA) is 143 Å². The van der Waals surface area contributed by atoms with Crippen LogP contribution in [0.4, 0.5) is 11.5 Å². The molecule has 1 aromatic carbocycles. The summed E-state index contributed by atoms with van der Waals surface area (Å²) < 4.78 is 1.83. The van der Waals surface area contributed by atoms with Crippen molar-refractivity contribution in [2.24, 2.45) is 0 Å². The summed E-state index contributed by atoms with van der Waals surface area (Å²) in [6, 6.07) is 15.0. The van der Waals surface area contributed by atoms with Crippen molar-refractivity contribution in [3.8, 4) is 17.7 Å². The number of benzene rings is 1. The van der Waals surface area contributed by atoms with Gasteiger partial charge in [-0.1, -0.05) is 0 Å². The lowest BCUT2D eigenvalue weighted by molar-refractivity contribution is 0.198. The lowest BCUT2D eigenvalue weighted by Gasteiger charge is -2.12. The molecular weight excluding hydrogens is 420 g/mol. The van der Waals surface area contributed by atoms with Gasteiger partial charge in [0, 0.05) is 11.3 Å². The molecule has 0 aliphatic carbocycles. The molecule has 4 heterocycles. The summed E-state index contributed by atoms with van der Waals surface area (Å²) in [4.78, 5) is 10.4. The fourth-order valence-electron chi connectivity index (χ4n) is 3.37. The van der Waals surface area contributed by atoms with E-state index in [-0.39, 0.29) is 5.69 Å². The van der Waals surface area contributed by atoms with E-state index in [1.807, 2.05) is 47.9 Å². The van der Waals surface area contributed by atoms with E-state index in [1.54, 1.807) is 25.4 Å². The minimum Gasteiger partial charge on any atom is -0.389 e. The molecule has 5 rings (SSSR count). The largest absolute Gasteiger partial charge is 0.389 e. The summed E-state index contributed by atoms with van der Waals surface area (Å²) in [6.45, 7) is 3.52. The molecule has 0 bridgehead atoms. The Bertz CT molecular complexity index is 1490. The summed E-state index contributed by atoms with van der Waals surface area (Å²) in [5.41, 5.74) is 3.96. The Kier molecular flexibility index (Phi) is 4.96. The third kappa shape index (κ3) is 3.86. The highest BCUT2D eigenvalue weighted by Crippen LogP contribution is 2.25. The number of fused-ring (bicyclic) bond motifs is 1. The first-order valence-electron chi connectivity index (χ1n) is 10.1. The zero-order chi connectivity index (χ0) is 22.9. The van der Waals surface area contributed by atoms with Gasteiger partial charge in [-0.2, -0.15) is 15.5 Å². The number of hydrogen-bond acceptors (Lipinski definition) is 9. The van der Waals surface area contributed by atoms with Crippen LogP contribution in [0.1, 0.15) is 30.0 Å². The summed E-state index contributed by atoms with van der Waals surface area (Å²) in [7, 11) is 0. The van der Waals surface area contributed by atoms with E-state index < -0.39 is 6.10 Å². The van der Waals surface area contributed by atoms with Gasteiger partial charge in [0.25, 0.3) is 0 Å². The summed E-state index contributed by atoms with van der Waals surface area (Å²) in [5, 5.41) is 38.9. The van der Waals surface area contributed by atoms with E-state index in [9.17, 15) is 5.11 Å². The van der Waals surface area contributed by atoms with Crippen LogP contribution in [0.25, 0.3) is 22.7 Å². The van der Waals surface area contributed by atoms with Gasteiger partial charge in [-0.15, -0.1) is 15.0 Å². The van der Waals surface area contributed by atoms with Crippen LogP contribution >= 0.6 is 0 Å². The van der Waals surface area contributed by atoms with Crippen LogP contribution in [0.5, 0.6) is 0 Å². The van der Waals surface area contributed by atoms with E-state index >= 15 is 0 Å². The number of aliphatic hydroxyl groups is 1. The first-order valence-corrected chi connectivity index (χ1v) is 10.1. The zero-order valence-electron chi connectivity index (χ0n) is 17.7. The van der Waals surface area contributed by atoms with Gasteiger partial charge in [-0.3, -0.25) is 4.57 Å². The zero-order valence-corrected chi connectivity index (χ0v) is 17.7. The highest BCUT2D eigenvalue weighted by atomic mass is 16.3. The SMILES string of the molecule is Cc1ccc(Nc2ccc3c(c2)ncn3-c2ccc(C(C)O)c(-n3ncc(C#N)n3)n2)nn1. The van der Waals surface area contributed by atoms with Crippen LogP contribution in [-0.2, 0) is 0 Å². The predicted octanol–water partition coefficient (Wildman–Crippen LogP) is 2.77. The summed E-state index contributed by atoms with van der Waals surface area (Å²) in [6.07, 6.45) is 2.22. The van der Waals surface area contributed by atoms with Crippen molar-refractivity contribution in [3.05, 3.63) is 71.9 Å². The molecule has 11 heteroatoms. The van der Waals surface area contributed by atoms with Crippen molar-refractivity contribution in [3.63, 3.8) is 0 Å². The molecule has 0 fully saturated rings. The normalized spacial score (nSPS) is 11.9. The minimum atomic E-state index is -0.795. The minimum absolute atomic E-state index is 0.158. The standard InChI is InChI=1S/C22H18N10O/c1-13-3-7-20(29-28-13)26-15-4-6-19-18(9-15)24-12-31(19)21-8-5-17(14(2)33)22(27-21)32-25-11-16(10-23)30-32/h3-9,11-12,14,33H,1-2H3,(H,26,29). The molecule has 33 heavy (non-hydrogen) atoms. The molecular formula is C22H18N10O. The van der Waals surface area contributed by atoms with Crippen LogP contribution in [0.15, 0.2) is 55.0 Å². The molecule has 0 radical (unpaired) electrons. The van der Waals surface area contributed by atoms with Gasteiger partial charge >= 0.3 is 0 Å². The molecule has 162 valence electrons. The summed E-state index contributed by atoms with van der Waals surface area (Å²) >= 11 is 0. The van der Waals surface area contributed by atoms with Crippen LogP contribution in [0.3, 0.4) is 0 Å². The number of pyridine rings is 1. The monoisotopic (exact) mass is 438 g/mol. The van der Waals surface area contributed by atoms with Gasteiger partial charge in [0.1, 0.15) is 18.2 Å². The second-order valence-corrected chi connectivity index (χ2v) is 7.39. The third-order valence-corrected chi connectivity index (χ3v) is 5.00. The molecule has 1 atom stereocenters. The molecule has 1 unspecified atom stereocenters. The van der Waals surface area contributed by atoms with Crippen molar-refractivity contribution < 1.29 is 5.11 Å². The van der Waals surface area contributed by atoms with Crippen molar-refractivity contribution >= 4 is 22.5 Å². The van der Waals surface area contributed by atoms with E-state index in [1.165, 1.54) is 11.0 Å². The smallest absolute Gasteiger partial charge is 0.183 e. The molecule has 0 amide bonds. The fourth-order valence-corrected chi connectivity index (χ4v) is 3.37. The van der Waals surface area contributed by atoms with E-state index in [4.69, 9.17) is 5.26 Å². The lowest BCUT2D eigenvalue weighted by atomic mass is 10.1. The van der Waals surface area contributed by atoms with Crippen molar-refractivity contribution in [2.75, 3.05) is 5.32 Å². The highest BCUT2D eigenvalue weighted by molar-refractivity contribution is 5.82. The summed E-state index contributed by atoms with van der Waals surface area (Å²) in [5.74, 6) is 1.54. The van der Waals surface area contributed by atoms with Gasteiger partial charge in [0.2, 0.25) is 0 Å². The number of nitriles is 1. The maximum Gasteiger partial charge on any atom is 0.183 e. The number of aromatic nitrogens is 8. The number of imidazole rings is 1. The first-order chi connectivity index (χ1) is 16.0. The molecule has 0 aliphatic heterocycles. The number of aryl methyl sites for hydroxylation is 1. The van der Waals surface area contributed by atoms with Crippen LogP contribution in [-0.4, -0.2) is 44.8 Å². The van der Waals surface area contributed by atoms with E-state index in [0.29, 0.717) is 23.0 Å². The second-order valence-electron chi connectivity index (χ2n) is 7.39. The molecule has 11 nitrogen and oxygen atoms in total. The van der Waals surface area contributed by atoms with Gasteiger partial charge < -0.3 is 10.4 Å². The predicted molar refractivity (Wildman–Crippen MR) is 119 cm³/mol. The molecule has 5 aromatic rings. The second kappa shape index (κ2) is 8.10. The number of rotatable bonds is 5. The van der Waals surface area contributed by atoms with Crippen molar-refractivity contribution in [1.29, 1.82) is 5.26 Å². The molecule has 0 saturated heterocycles. The Balaban J connectivity index is 1.53. The Labute approximate surface area is 188 Å². The first kappa shape index (κ1) is 20.2. The van der Waals surface area contributed by atoms with E-state index in [2.05, 4.69) is 35.7 Å². The van der Waals surface area contributed by atoms with Crippen LogP contribution in [0, 0.1) is 18.3 Å².